The van der Waals surface area contributed by atoms with Gasteiger partial charge in [-0.3, -0.25) is 11.3 Å². The Hall–Kier alpha value is -0.380. The topological polar surface area (TPSA) is 38.0 Å². The van der Waals surface area contributed by atoms with Crippen molar-refractivity contribution in [3.63, 3.8) is 0 Å². The molecular weight excluding hydrogens is 204 g/mol. The molecule has 0 aliphatic rings. The standard InChI is InChI=1S/C12H22N2S/c1-3-5-10(2)12(14-13)8-7-11-6-4-9-15-11/h4,6,9-10,12,14H,3,5,7-8,13H2,1-2H3. The number of nitrogens with two attached hydrogens (primary N) is 1. The van der Waals surface area contributed by atoms with Crippen molar-refractivity contribution in [3.8, 4) is 0 Å². The molecule has 0 fully saturated rings. The molecule has 0 aliphatic carbocycles. The van der Waals surface area contributed by atoms with Crippen LogP contribution in [0.2, 0.25) is 0 Å². The number of hydrazine groups is 1. The fraction of sp³-hybridized carbons (Fsp3) is 0.667. The van der Waals surface area contributed by atoms with E-state index in [1.54, 1.807) is 0 Å². The zero-order valence-corrected chi connectivity index (χ0v) is 10.5. The van der Waals surface area contributed by atoms with Gasteiger partial charge < -0.3 is 0 Å². The molecule has 0 spiro atoms. The van der Waals surface area contributed by atoms with Gasteiger partial charge in [-0.15, -0.1) is 11.3 Å². The second-order valence-electron chi connectivity index (χ2n) is 4.16. The van der Waals surface area contributed by atoms with Crippen LogP contribution in [0.5, 0.6) is 0 Å². The zero-order valence-electron chi connectivity index (χ0n) is 9.70. The van der Waals surface area contributed by atoms with E-state index in [2.05, 4.69) is 36.8 Å². The van der Waals surface area contributed by atoms with Crippen molar-refractivity contribution < 1.29 is 0 Å². The average molecular weight is 226 g/mol. The molecule has 2 unspecified atom stereocenters. The van der Waals surface area contributed by atoms with Gasteiger partial charge in [-0.25, -0.2) is 0 Å². The molecule has 0 radical (unpaired) electrons. The molecule has 2 atom stereocenters. The lowest BCUT2D eigenvalue weighted by molar-refractivity contribution is 0.342. The third kappa shape index (κ3) is 4.33. The molecule has 2 nitrogen and oxygen atoms in total. The first kappa shape index (κ1) is 12.7. The number of rotatable bonds is 7. The summed E-state index contributed by atoms with van der Waals surface area (Å²) in [6, 6.07) is 4.76. The van der Waals surface area contributed by atoms with Gasteiger partial charge in [0.1, 0.15) is 0 Å². The van der Waals surface area contributed by atoms with E-state index in [0.29, 0.717) is 12.0 Å². The maximum absolute atomic E-state index is 5.60. The van der Waals surface area contributed by atoms with Crippen LogP contribution in [0.1, 0.15) is 38.0 Å². The normalized spacial score (nSPS) is 15.1. The van der Waals surface area contributed by atoms with E-state index in [1.807, 2.05) is 11.3 Å². The van der Waals surface area contributed by atoms with E-state index in [0.717, 1.165) is 12.8 Å². The summed E-state index contributed by atoms with van der Waals surface area (Å²) in [7, 11) is 0. The highest BCUT2D eigenvalue weighted by molar-refractivity contribution is 7.09. The molecule has 1 aromatic rings. The van der Waals surface area contributed by atoms with Crippen LogP contribution in [-0.4, -0.2) is 6.04 Å². The van der Waals surface area contributed by atoms with Crippen LogP contribution in [-0.2, 0) is 6.42 Å². The SMILES string of the molecule is CCCC(C)C(CCc1cccs1)NN. The summed E-state index contributed by atoms with van der Waals surface area (Å²) in [6.07, 6.45) is 4.76. The van der Waals surface area contributed by atoms with Gasteiger partial charge >= 0.3 is 0 Å². The first-order chi connectivity index (χ1) is 7.27. The molecule has 0 saturated carbocycles. The number of thiophene rings is 1. The van der Waals surface area contributed by atoms with E-state index in [-0.39, 0.29) is 0 Å². The Morgan fingerprint density at radius 1 is 1.47 bits per heavy atom. The lowest BCUT2D eigenvalue weighted by atomic mass is 9.93. The second kappa shape index (κ2) is 6.99. The predicted octanol–water partition coefficient (Wildman–Crippen LogP) is 2.95. The third-order valence-electron chi connectivity index (χ3n) is 2.93. The fourth-order valence-electron chi connectivity index (χ4n) is 1.94. The quantitative estimate of drug-likeness (QED) is 0.554. The molecule has 86 valence electrons. The first-order valence-electron chi connectivity index (χ1n) is 5.76. The maximum atomic E-state index is 5.60. The lowest BCUT2D eigenvalue weighted by Gasteiger charge is -2.22. The highest BCUT2D eigenvalue weighted by atomic mass is 32.1. The summed E-state index contributed by atoms with van der Waals surface area (Å²) < 4.78 is 0. The van der Waals surface area contributed by atoms with Gasteiger partial charge in [-0.05, 0) is 36.6 Å². The molecule has 0 amide bonds. The molecule has 3 N–H and O–H groups in total. The minimum Gasteiger partial charge on any atom is -0.271 e. The Kier molecular flexibility index (Phi) is 5.91. The fourth-order valence-corrected chi connectivity index (χ4v) is 2.67. The molecule has 1 aromatic heterocycles. The second-order valence-corrected chi connectivity index (χ2v) is 5.19. The van der Waals surface area contributed by atoms with Gasteiger partial charge in [0.05, 0.1) is 0 Å². The molecule has 1 rings (SSSR count). The van der Waals surface area contributed by atoms with Crippen LogP contribution in [0.3, 0.4) is 0 Å². The van der Waals surface area contributed by atoms with Crippen molar-refractivity contribution in [1.29, 1.82) is 0 Å². The Morgan fingerprint density at radius 2 is 2.27 bits per heavy atom. The zero-order chi connectivity index (χ0) is 11.1. The minimum atomic E-state index is 0.451. The largest absolute Gasteiger partial charge is 0.271 e. The smallest absolute Gasteiger partial charge is 0.0239 e. The van der Waals surface area contributed by atoms with Crippen LogP contribution in [0, 0.1) is 5.92 Å². The summed E-state index contributed by atoms with van der Waals surface area (Å²) in [5.41, 5.74) is 2.95. The molecule has 15 heavy (non-hydrogen) atoms. The Morgan fingerprint density at radius 3 is 2.80 bits per heavy atom. The van der Waals surface area contributed by atoms with Crippen LogP contribution >= 0.6 is 11.3 Å². The van der Waals surface area contributed by atoms with Crippen LogP contribution in [0.25, 0.3) is 0 Å². The van der Waals surface area contributed by atoms with Gasteiger partial charge in [-0.1, -0.05) is 26.3 Å². The van der Waals surface area contributed by atoms with Gasteiger partial charge in [0.15, 0.2) is 0 Å². The Labute approximate surface area is 96.9 Å². The van der Waals surface area contributed by atoms with Gasteiger partial charge in [0.2, 0.25) is 0 Å². The molecule has 0 saturated heterocycles. The first-order valence-corrected chi connectivity index (χ1v) is 6.64. The van der Waals surface area contributed by atoms with Crippen molar-refractivity contribution in [2.24, 2.45) is 11.8 Å². The predicted molar refractivity (Wildman–Crippen MR) is 67.8 cm³/mol. The summed E-state index contributed by atoms with van der Waals surface area (Å²) >= 11 is 1.83. The van der Waals surface area contributed by atoms with E-state index < -0.39 is 0 Å². The summed E-state index contributed by atoms with van der Waals surface area (Å²) in [6.45, 7) is 4.51. The maximum Gasteiger partial charge on any atom is 0.0239 e. The Balaban J connectivity index is 2.33. The number of hydrogen-bond acceptors (Lipinski definition) is 3. The lowest BCUT2D eigenvalue weighted by Crippen LogP contribution is -2.40. The van der Waals surface area contributed by atoms with Gasteiger partial charge in [-0.2, -0.15) is 0 Å². The minimum absolute atomic E-state index is 0.451. The number of hydrogen-bond donors (Lipinski definition) is 2. The number of nitrogens with one attached hydrogen (secondary N) is 1. The van der Waals surface area contributed by atoms with Crippen molar-refractivity contribution >= 4 is 11.3 Å². The summed E-state index contributed by atoms with van der Waals surface area (Å²) in [4.78, 5) is 1.46. The van der Waals surface area contributed by atoms with Gasteiger partial charge in [0.25, 0.3) is 0 Å². The Bertz CT molecular complexity index is 246. The van der Waals surface area contributed by atoms with Crippen LogP contribution in [0.15, 0.2) is 17.5 Å². The summed E-state index contributed by atoms with van der Waals surface area (Å²) in [5.74, 6) is 6.26. The highest BCUT2D eigenvalue weighted by Gasteiger charge is 2.14. The van der Waals surface area contributed by atoms with E-state index in [4.69, 9.17) is 5.84 Å². The third-order valence-corrected chi connectivity index (χ3v) is 3.86. The van der Waals surface area contributed by atoms with Crippen molar-refractivity contribution in [2.75, 3.05) is 0 Å². The van der Waals surface area contributed by atoms with Crippen LogP contribution < -0.4 is 11.3 Å². The van der Waals surface area contributed by atoms with Gasteiger partial charge in [0, 0.05) is 10.9 Å². The van der Waals surface area contributed by atoms with E-state index >= 15 is 0 Å². The van der Waals surface area contributed by atoms with E-state index in [1.165, 1.54) is 17.7 Å². The molecule has 3 heteroatoms. The average Bonchev–Trinajstić information content (AvgIpc) is 2.72. The van der Waals surface area contributed by atoms with Crippen molar-refractivity contribution in [3.05, 3.63) is 22.4 Å². The van der Waals surface area contributed by atoms with Crippen LogP contribution in [0.4, 0.5) is 0 Å². The molecule has 0 aromatic carbocycles. The van der Waals surface area contributed by atoms with E-state index in [9.17, 15) is 0 Å². The van der Waals surface area contributed by atoms with Crippen molar-refractivity contribution in [2.45, 2.75) is 45.6 Å². The highest BCUT2D eigenvalue weighted by Crippen LogP contribution is 2.17. The monoisotopic (exact) mass is 226 g/mol. The molecule has 0 bridgehead atoms. The number of aryl methyl sites for hydroxylation is 1. The molecular formula is C12H22N2S. The summed E-state index contributed by atoms with van der Waals surface area (Å²) in [5, 5.41) is 2.13. The van der Waals surface area contributed by atoms with Crippen molar-refractivity contribution in [1.82, 2.24) is 5.43 Å². The molecule has 0 aliphatic heterocycles. The molecule has 1 heterocycles.